The van der Waals surface area contributed by atoms with Gasteiger partial charge in [0.1, 0.15) is 11.3 Å². The van der Waals surface area contributed by atoms with E-state index in [1.165, 1.54) is 6.08 Å². The molecular formula is C19H21NO5. The van der Waals surface area contributed by atoms with E-state index >= 15 is 0 Å². The van der Waals surface area contributed by atoms with Crippen LogP contribution in [0.1, 0.15) is 26.7 Å². The van der Waals surface area contributed by atoms with Crippen molar-refractivity contribution >= 4 is 23.8 Å². The normalized spacial score (nSPS) is 20.7. The van der Waals surface area contributed by atoms with Gasteiger partial charge in [0.15, 0.2) is 0 Å². The predicted molar refractivity (Wildman–Crippen MR) is 93.9 cm³/mol. The smallest absolute Gasteiger partial charge is 0.348 e. The molecule has 0 aromatic heterocycles. The lowest BCUT2D eigenvalue weighted by molar-refractivity contribution is -0.229. The zero-order chi connectivity index (χ0) is 18.3. The van der Waals surface area contributed by atoms with Crippen molar-refractivity contribution in [3.05, 3.63) is 48.1 Å². The Bertz CT molecular complexity index is 713. The summed E-state index contributed by atoms with van der Waals surface area (Å²) in [4.78, 5) is 28.0. The van der Waals surface area contributed by atoms with Gasteiger partial charge in [-0.2, -0.15) is 0 Å². The number of rotatable bonds is 6. The molecular weight excluding hydrogens is 322 g/mol. The lowest BCUT2D eigenvalue weighted by atomic mass is 10.1. The van der Waals surface area contributed by atoms with Gasteiger partial charge >= 0.3 is 11.9 Å². The number of ether oxygens (including phenoxy) is 3. The van der Waals surface area contributed by atoms with Crippen molar-refractivity contribution in [2.75, 3.05) is 7.11 Å². The maximum atomic E-state index is 11.9. The molecule has 0 atom stereocenters. The Morgan fingerprint density at radius 1 is 1.24 bits per heavy atom. The van der Waals surface area contributed by atoms with Crippen LogP contribution < -0.4 is 4.74 Å². The number of methoxy groups -OCH3 is 1. The van der Waals surface area contributed by atoms with Gasteiger partial charge in [-0.25, -0.2) is 9.59 Å². The number of carbonyl (C=O) groups is 2. The molecule has 0 bridgehead atoms. The fourth-order valence-electron chi connectivity index (χ4n) is 2.06. The Morgan fingerprint density at radius 2 is 1.96 bits per heavy atom. The van der Waals surface area contributed by atoms with E-state index in [4.69, 9.17) is 14.2 Å². The van der Waals surface area contributed by atoms with Crippen LogP contribution in [0.5, 0.6) is 5.75 Å². The number of cyclic esters (lactones) is 2. The summed E-state index contributed by atoms with van der Waals surface area (Å²) < 4.78 is 15.4. The molecule has 1 aromatic rings. The van der Waals surface area contributed by atoms with Crippen LogP contribution in [0.3, 0.4) is 0 Å². The van der Waals surface area contributed by atoms with Gasteiger partial charge in [0.25, 0.3) is 5.79 Å². The minimum Gasteiger partial charge on any atom is -0.497 e. The lowest BCUT2D eigenvalue weighted by Gasteiger charge is -2.32. The number of allylic oxidation sites excluding steroid dienone is 3. The van der Waals surface area contributed by atoms with Crippen LogP contribution in [0.2, 0.25) is 0 Å². The number of hydrogen-bond acceptors (Lipinski definition) is 6. The second-order valence-corrected chi connectivity index (χ2v) is 5.53. The first-order valence-corrected chi connectivity index (χ1v) is 7.97. The van der Waals surface area contributed by atoms with Crippen LogP contribution in [0.25, 0.3) is 0 Å². The van der Waals surface area contributed by atoms with Gasteiger partial charge in [-0.05, 0) is 24.6 Å². The molecule has 1 aromatic carbocycles. The summed E-state index contributed by atoms with van der Waals surface area (Å²) in [7, 11) is 1.60. The fraction of sp³-hybridized carbons (Fsp3) is 0.316. The Hall–Kier alpha value is -2.89. The SMILES string of the molecule is CCC1(C)OC(=O)C(=CCC=CC=Nc2cccc(OC)c2)C(=O)O1. The molecule has 0 radical (unpaired) electrons. The summed E-state index contributed by atoms with van der Waals surface area (Å²) in [5.74, 6) is -1.75. The third-order valence-corrected chi connectivity index (χ3v) is 3.66. The Balaban J connectivity index is 1.91. The first-order chi connectivity index (χ1) is 12.0. The van der Waals surface area contributed by atoms with E-state index in [1.807, 2.05) is 24.3 Å². The van der Waals surface area contributed by atoms with Crippen molar-refractivity contribution in [1.82, 2.24) is 0 Å². The molecule has 1 aliphatic heterocycles. The van der Waals surface area contributed by atoms with Gasteiger partial charge < -0.3 is 14.2 Å². The Morgan fingerprint density at radius 3 is 2.60 bits per heavy atom. The minimum absolute atomic E-state index is 0.0830. The quantitative estimate of drug-likeness (QED) is 0.342. The molecule has 1 aliphatic rings. The van der Waals surface area contributed by atoms with Gasteiger partial charge in [0.05, 0.1) is 12.8 Å². The molecule has 6 heteroatoms. The van der Waals surface area contributed by atoms with Gasteiger partial charge in [-0.15, -0.1) is 0 Å². The number of nitrogens with zero attached hydrogens (tertiary/aromatic N) is 1. The average Bonchev–Trinajstić information content (AvgIpc) is 2.60. The van der Waals surface area contributed by atoms with Crippen LogP contribution in [0, 0.1) is 0 Å². The van der Waals surface area contributed by atoms with Crippen molar-refractivity contribution in [2.45, 2.75) is 32.5 Å². The van der Waals surface area contributed by atoms with Crippen LogP contribution >= 0.6 is 0 Å². The molecule has 2 rings (SSSR count). The van der Waals surface area contributed by atoms with Gasteiger partial charge in [0, 0.05) is 25.6 Å². The third-order valence-electron chi connectivity index (χ3n) is 3.66. The summed E-state index contributed by atoms with van der Waals surface area (Å²) in [5, 5.41) is 0. The van der Waals surface area contributed by atoms with E-state index < -0.39 is 17.7 Å². The third kappa shape index (κ3) is 5.04. The second kappa shape index (κ2) is 8.28. The highest BCUT2D eigenvalue weighted by atomic mass is 16.7. The molecule has 1 fully saturated rings. The molecule has 0 amide bonds. The van der Waals surface area contributed by atoms with Gasteiger partial charge in [-0.1, -0.05) is 25.1 Å². The minimum atomic E-state index is -1.18. The second-order valence-electron chi connectivity index (χ2n) is 5.53. The molecule has 0 saturated carbocycles. The summed E-state index contributed by atoms with van der Waals surface area (Å²) >= 11 is 0. The van der Waals surface area contributed by atoms with Gasteiger partial charge in [0.2, 0.25) is 0 Å². The maximum absolute atomic E-state index is 11.9. The largest absolute Gasteiger partial charge is 0.497 e. The standard InChI is InChI=1S/C19H21NO5/c1-4-19(2)24-17(21)16(18(22)25-19)11-6-5-7-12-20-14-9-8-10-15(13-14)23-3/h5,7-13H,4,6H2,1-3H3. The van der Waals surface area contributed by atoms with E-state index in [0.29, 0.717) is 12.8 Å². The van der Waals surface area contributed by atoms with Crippen molar-refractivity contribution in [2.24, 2.45) is 4.99 Å². The zero-order valence-electron chi connectivity index (χ0n) is 14.5. The summed E-state index contributed by atoms with van der Waals surface area (Å²) in [5.41, 5.74) is 0.681. The number of carbonyl (C=O) groups excluding carboxylic acids is 2. The average molecular weight is 343 g/mol. The topological polar surface area (TPSA) is 74.2 Å². The number of esters is 2. The molecule has 132 valence electrons. The van der Waals surface area contributed by atoms with Crippen molar-refractivity contribution in [3.63, 3.8) is 0 Å². The van der Waals surface area contributed by atoms with Crippen molar-refractivity contribution in [3.8, 4) is 5.75 Å². The summed E-state index contributed by atoms with van der Waals surface area (Å²) in [6.45, 7) is 3.34. The molecule has 25 heavy (non-hydrogen) atoms. The molecule has 0 unspecified atom stereocenters. The highest BCUT2D eigenvalue weighted by molar-refractivity contribution is 6.15. The van der Waals surface area contributed by atoms with E-state index in [2.05, 4.69) is 4.99 Å². The van der Waals surface area contributed by atoms with E-state index in [0.717, 1.165) is 11.4 Å². The molecule has 0 aliphatic carbocycles. The number of benzene rings is 1. The van der Waals surface area contributed by atoms with Crippen LogP contribution in [-0.2, 0) is 19.1 Å². The van der Waals surface area contributed by atoms with Crippen LogP contribution in [-0.4, -0.2) is 31.1 Å². The van der Waals surface area contributed by atoms with Gasteiger partial charge in [-0.3, -0.25) is 4.99 Å². The lowest BCUT2D eigenvalue weighted by Crippen LogP contribution is -2.43. The van der Waals surface area contributed by atoms with E-state index in [1.54, 1.807) is 39.3 Å². The maximum Gasteiger partial charge on any atom is 0.348 e. The predicted octanol–water partition coefficient (Wildman–Crippen LogP) is 3.50. The number of hydrogen-bond donors (Lipinski definition) is 0. The fourth-order valence-corrected chi connectivity index (χ4v) is 2.06. The Kier molecular flexibility index (Phi) is 6.11. The number of aliphatic imine (C=N–C) groups is 1. The van der Waals surface area contributed by atoms with Crippen molar-refractivity contribution < 1.29 is 23.8 Å². The summed E-state index contributed by atoms with van der Waals surface area (Å²) in [6.07, 6.45) is 7.39. The first kappa shape index (κ1) is 18.4. The molecule has 1 heterocycles. The van der Waals surface area contributed by atoms with E-state index in [9.17, 15) is 9.59 Å². The van der Waals surface area contributed by atoms with Crippen molar-refractivity contribution in [1.29, 1.82) is 0 Å². The molecule has 6 nitrogen and oxygen atoms in total. The zero-order valence-corrected chi connectivity index (χ0v) is 14.5. The van der Waals surface area contributed by atoms with Crippen LogP contribution in [0.15, 0.2) is 53.1 Å². The van der Waals surface area contributed by atoms with Crippen LogP contribution in [0.4, 0.5) is 5.69 Å². The Labute approximate surface area is 146 Å². The molecule has 1 saturated heterocycles. The summed E-state index contributed by atoms with van der Waals surface area (Å²) in [6, 6.07) is 7.36. The highest BCUT2D eigenvalue weighted by Gasteiger charge is 2.40. The molecule has 0 spiro atoms. The first-order valence-electron chi connectivity index (χ1n) is 7.97. The monoisotopic (exact) mass is 343 g/mol. The van der Waals surface area contributed by atoms with E-state index in [-0.39, 0.29) is 5.57 Å². The highest BCUT2D eigenvalue weighted by Crippen LogP contribution is 2.26. The molecule has 0 N–H and O–H groups in total.